The summed E-state index contributed by atoms with van der Waals surface area (Å²) in [7, 11) is 0. The zero-order chi connectivity index (χ0) is 25.8. The maximum absolute atomic E-state index is 11.0. The molecule has 0 aliphatic heterocycles. The molecule has 0 aliphatic carbocycles. The highest BCUT2D eigenvalue weighted by molar-refractivity contribution is 5.67. The SMILES string of the molecule is CC(=O)OCC(COC(C)=O)OCCCN(CCO)CCCOC(COC(C)=O)COC(C)=O. The van der Waals surface area contributed by atoms with Crippen molar-refractivity contribution in [3.63, 3.8) is 0 Å². The molecule has 0 aromatic heterocycles. The predicted molar refractivity (Wildman–Crippen MR) is 119 cm³/mol. The fourth-order valence-corrected chi connectivity index (χ4v) is 2.68. The van der Waals surface area contributed by atoms with E-state index in [0.29, 0.717) is 45.7 Å². The molecule has 0 spiro atoms. The van der Waals surface area contributed by atoms with Gasteiger partial charge >= 0.3 is 23.9 Å². The summed E-state index contributed by atoms with van der Waals surface area (Å²) in [6, 6.07) is 0. The molecule has 0 unspecified atom stereocenters. The molecule has 0 rings (SSSR count). The van der Waals surface area contributed by atoms with Crippen molar-refractivity contribution in [1.29, 1.82) is 0 Å². The fourth-order valence-electron chi connectivity index (χ4n) is 2.68. The second-order valence-corrected chi connectivity index (χ2v) is 7.47. The minimum absolute atomic E-state index is 0.00916. The van der Waals surface area contributed by atoms with Crippen LogP contribution < -0.4 is 0 Å². The third kappa shape index (κ3) is 20.3. The Hall–Kier alpha value is -2.28. The summed E-state index contributed by atoms with van der Waals surface area (Å²) in [6.45, 7) is 7.52. The number of hydrogen-bond acceptors (Lipinski definition) is 12. The Balaban J connectivity index is 4.35. The van der Waals surface area contributed by atoms with Crippen molar-refractivity contribution in [3.05, 3.63) is 0 Å². The summed E-state index contributed by atoms with van der Waals surface area (Å²) in [6.07, 6.45) is 0.163. The van der Waals surface area contributed by atoms with Crippen LogP contribution in [0.15, 0.2) is 0 Å². The van der Waals surface area contributed by atoms with Gasteiger partial charge in [0.15, 0.2) is 0 Å². The topological polar surface area (TPSA) is 147 Å². The average molecular weight is 494 g/mol. The molecule has 0 saturated carbocycles. The van der Waals surface area contributed by atoms with E-state index in [0.717, 1.165) is 0 Å². The first-order chi connectivity index (χ1) is 16.1. The Labute approximate surface area is 200 Å². The minimum Gasteiger partial charge on any atom is -0.463 e. The van der Waals surface area contributed by atoms with Crippen LogP contribution in [-0.2, 0) is 47.6 Å². The predicted octanol–water partition coefficient (Wildman–Crippen LogP) is 0.0837. The molecule has 0 bridgehead atoms. The smallest absolute Gasteiger partial charge is 0.302 e. The molecule has 0 saturated heterocycles. The van der Waals surface area contributed by atoms with Gasteiger partial charge in [-0.25, -0.2) is 0 Å². The van der Waals surface area contributed by atoms with E-state index in [9.17, 15) is 24.3 Å². The molecule has 0 radical (unpaired) electrons. The van der Waals surface area contributed by atoms with Crippen LogP contribution in [0.25, 0.3) is 0 Å². The van der Waals surface area contributed by atoms with Gasteiger partial charge < -0.3 is 38.4 Å². The van der Waals surface area contributed by atoms with Crippen LogP contribution in [0, 0.1) is 0 Å². The number of aliphatic hydroxyl groups excluding tert-OH is 1. The fraction of sp³-hybridized carbons (Fsp3) is 0.818. The molecule has 0 aromatic rings. The van der Waals surface area contributed by atoms with E-state index in [-0.39, 0.29) is 33.0 Å². The normalized spacial score (nSPS) is 11.1. The van der Waals surface area contributed by atoms with Crippen molar-refractivity contribution in [2.45, 2.75) is 52.7 Å². The van der Waals surface area contributed by atoms with Gasteiger partial charge in [0.1, 0.15) is 38.6 Å². The van der Waals surface area contributed by atoms with Crippen LogP contribution in [-0.4, -0.2) is 112 Å². The lowest BCUT2D eigenvalue weighted by Crippen LogP contribution is -2.33. The van der Waals surface area contributed by atoms with E-state index < -0.39 is 36.1 Å². The van der Waals surface area contributed by atoms with Gasteiger partial charge in [0, 0.05) is 60.5 Å². The Morgan fingerprint density at radius 1 is 0.618 bits per heavy atom. The van der Waals surface area contributed by atoms with Crippen LogP contribution >= 0.6 is 0 Å². The first-order valence-corrected chi connectivity index (χ1v) is 11.2. The molecule has 34 heavy (non-hydrogen) atoms. The molecule has 1 N–H and O–H groups in total. The molecule has 0 amide bonds. The molecule has 0 aliphatic rings. The second-order valence-electron chi connectivity index (χ2n) is 7.47. The molecule has 0 heterocycles. The summed E-state index contributed by atoms with van der Waals surface area (Å²) in [5.41, 5.74) is 0. The standard InChI is InChI=1S/C22H39NO11/c1-17(25)31-13-21(14-32-18(2)26)29-11-5-7-23(9-10-24)8-6-12-30-22(15-33-19(3)27)16-34-20(4)28/h21-22,24H,5-16H2,1-4H3. The molecule has 0 atom stereocenters. The summed E-state index contributed by atoms with van der Waals surface area (Å²) in [5.74, 6) is -1.79. The quantitative estimate of drug-likeness (QED) is 0.139. The number of carbonyl (C=O) groups excluding carboxylic acids is 4. The lowest BCUT2D eigenvalue weighted by Gasteiger charge is -2.23. The van der Waals surface area contributed by atoms with Gasteiger partial charge in [-0.3, -0.25) is 19.2 Å². The number of rotatable bonds is 20. The van der Waals surface area contributed by atoms with Gasteiger partial charge in [0.05, 0.1) is 6.61 Å². The monoisotopic (exact) mass is 493 g/mol. The molecule has 198 valence electrons. The van der Waals surface area contributed by atoms with Gasteiger partial charge in [0.2, 0.25) is 0 Å². The van der Waals surface area contributed by atoms with Crippen LogP contribution in [0.1, 0.15) is 40.5 Å². The largest absolute Gasteiger partial charge is 0.463 e. The molecule has 0 aromatic carbocycles. The third-order valence-corrected chi connectivity index (χ3v) is 4.25. The van der Waals surface area contributed by atoms with E-state index in [1.807, 2.05) is 4.90 Å². The number of nitrogens with zero attached hydrogens (tertiary/aromatic N) is 1. The van der Waals surface area contributed by atoms with Crippen molar-refractivity contribution >= 4 is 23.9 Å². The highest BCUT2D eigenvalue weighted by Crippen LogP contribution is 2.02. The maximum atomic E-state index is 11.0. The summed E-state index contributed by atoms with van der Waals surface area (Å²) < 4.78 is 31.1. The van der Waals surface area contributed by atoms with Gasteiger partial charge in [-0.05, 0) is 12.8 Å². The Morgan fingerprint density at radius 2 is 0.941 bits per heavy atom. The van der Waals surface area contributed by atoms with E-state index in [1.165, 1.54) is 27.7 Å². The van der Waals surface area contributed by atoms with E-state index in [2.05, 4.69) is 0 Å². The van der Waals surface area contributed by atoms with Gasteiger partial charge in [0.25, 0.3) is 0 Å². The average Bonchev–Trinajstić information content (AvgIpc) is 2.75. The Bertz CT molecular complexity index is 515. The number of carbonyl (C=O) groups is 4. The van der Waals surface area contributed by atoms with Gasteiger partial charge in [-0.2, -0.15) is 0 Å². The second kappa shape index (κ2) is 20.1. The van der Waals surface area contributed by atoms with Crippen molar-refractivity contribution in [3.8, 4) is 0 Å². The highest BCUT2D eigenvalue weighted by Gasteiger charge is 2.15. The lowest BCUT2D eigenvalue weighted by molar-refractivity contribution is -0.154. The zero-order valence-corrected chi connectivity index (χ0v) is 20.6. The first-order valence-electron chi connectivity index (χ1n) is 11.2. The number of hydrogen-bond donors (Lipinski definition) is 1. The van der Waals surface area contributed by atoms with Crippen molar-refractivity contribution in [2.75, 3.05) is 65.9 Å². The Morgan fingerprint density at radius 3 is 1.21 bits per heavy atom. The zero-order valence-electron chi connectivity index (χ0n) is 20.6. The summed E-state index contributed by atoms with van der Waals surface area (Å²) in [5, 5.41) is 9.32. The third-order valence-electron chi connectivity index (χ3n) is 4.25. The summed E-state index contributed by atoms with van der Waals surface area (Å²) >= 11 is 0. The van der Waals surface area contributed by atoms with E-state index in [1.54, 1.807) is 0 Å². The Kier molecular flexibility index (Phi) is 18.8. The van der Waals surface area contributed by atoms with Crippen molar-refractivity contribution in [1.82, 2.24) is 4.90 Å². The van der Waals surface area contributed by atoms with Crippen LogP contribution in [0.5, 0.6) is 0 Å². The van der Waals surface area contributed by atoms with Crippen LogP contribution in [0.3, 0.4) is 0 Å². The lowest BCUT2D eigenvalue weighted by atomic mass is 10.3. The van der Waals surface area contributed by atoms with Gasteiger partial charge in [-0.1, -0.05) is 0 Å². The molecule has 12 nitrogen and oxygen atoms in total. The number of esters is 4. The van der Waals surface area contributed by atoms with Crippen LogP contribution in [0.2, 0.25) is 0 Å². The van der Waals surface area contributed by atoms with Crippen molar-refractivity contribution in [2.24, 2.45) is 0 Å². The van der Waals surface area contributed by atoms with Crippen molar-refractivity contribution < 1.29 is 52.7 Å². The molecular weight excluding hydrogens is 454 g/mol. The number of aliphatic hydroxyl groups is 1. The highest BCUT2D eigenvalue weighted by atomic mass is 16.6. The minimum atomic E-state index is -0.557. The van der Waals surface area contributed by atoms with Crippen LogP contribution in [0.4, 0.5) is 0 Å². The first kappa shape index (κ1) is 31.7. The molecule has 12 heteroatoms. The van der Waals surface area contributed by atoms with E-state index in [4.69, 9.17) is 28.4 Å². The molecular formula is C22H39NO11. The van der Waals surface area contributed by atoms with E-state index >= 15 is 0 Å². The number of ether oxygens (including phenoxy) is 6. The maximum Gasteiger partial charge on any atom is 0.302 e. The summed E-state index contributed by atoms with van der Waals surface area (Å²) in [4.78, 5) is 46.1. The molecule has 0 fully saturated rings. The van der Waals surface area contributed by atoms with Gasteiger partial charge in [-0.15, -0.1) is 0 Å².